The number of nitro groups is 2. The van der Waals surface area contributed by atoms with Crippen LogP contribution in [0.2, 0.25) is 0 Å². The van der Waals surface area contributed by atoms with E-state index in [4.69, 9.17) is 4.74 Å². The summed E-state index contributed by atoms with van der Waals surface area (Å²) in [6, 6.07) is 7.08. The minimum Gasteiger partial charge on any atom is -0.500 e. The minimum absolute atomic E-state index is 0.0150. The SMILES string of the molecule is COc1cc(/C=C/c2nc3cc([N+](=O)[O-])ccc3s2)cc([N+](=O)[O-])c1O. The Morgan fingerprint density at radius 1 is 1.15 bits per heavy atom. The molecule has 0 bridgehead atoms. The predicted molar refractivity (Wildman–Crippen MR) is 96.5 cm³/mol. The number of fused-ring (bicyclic) bond motifs is 1. The molecule has 1 N–H and O–H groups in total. The van der Waals surface area contributed by atoms with Gasteiger partial charge in [0.1, 0.15) is 5.01 Å². The molecule has 0 spiro atoms. The van der Waals surface area contributed by atoms with Crippen molar-refractivity contribution in [1.29, 1.82) is 0 Å². The van der Waals surface area contributed by atoms with Crippen LogP contribution in [0.1, 0.15) is 10.6 Å². The van der Waals surface area contributed by atoms with Gasteiger partial charge in [0, 0.05) is 18.2 Å². The standard InChI is InChI=1S/C16H11N3O6S/c1-25-13-7-9(6-12(16(13)20)19(23)24)2-5-15-17-11-8-10(18(21)22)3-4-14(11)26-15/h2-8,20H,1H3/b5-2+. The van der Waals surface area contributed by atoms with Crippen LogP contribution in [0.3, 0.4) is 0 Å². The molecule has 132 valence electrons. The van der Waals surface area contributed by atoms with Crippen molar-refractivity contribution in [1.82, 2.24) is 4.98 Å². The van der Waals surface area contributed by atoms with Gasteiger partial charge in [0.2, 0.25) is 5.75 Å². The van der Waals surface area contributed by atoms with Crippen molar-refractivity contribution in [3.05, 3.63) is 61.1 Å². The molecule has 26 heavy (non-hydrogen) atoms. The average Bonchev–Trinajstić information content (AvgIpc) is 3.02. The summed E-state index contributed by atoms with van der Waals surface area (Å²) in [7, 11) is 1.30. The van der Waals surface area contributed by atoms with Gasteiger partial charge in [-0.05, 0) is 23.8 Å². The maximum absolute atomic E-state index is 11.0. The summed E-state index contributed by atoms with van der Waals surface area (Å²) >= 11 is 1.33. The largest absolute Gasteiger partial charge is 0.500 e. The molecule has 2 aromatic carbocycles. The maximum Gasteiger partial charge on any atom is 0.315 e. The predicted octanol–water partition coefficient (Wildman–Crippen LogP) is 4.00. The Kier molecular flexibility index (Phi) is 4.50. The van der Waals surface area contributed by atoms with Crippen LogP contribution in [0, 0.1) is 20.2 Å². The molecule has 1 aromatic heterocycles. The van der Waals surface area contributed by atoms with Crippen LogP contribution >= 0.6 is 11.3 Å². The molecule has 0 fully saturated rings. The number of aromatic hydroxyl groups is 1. The summed E-state index contributed by atoms with van der Waals surface area (Å²) in [5.74, 6) is -0.555. The minimum atomic E-state index is -0.702. The fourth-order valence-corrected chi connectivity index (χ4v) is 3.14. The van der Waals surface area contributed by atoms with E-state index in [1.807, 2.05) is 0 Å². The zero-order valence-corrected chi connectivity index (χ0v) is 14.1. The van der Waals surface area contributed by atoms with Gasteiger partial charge >= 0.3 is 5.69 Å². The normalized spacial score (nSPS) is 11.1. The number of nitro benzene ring substituents is 2. The number of phenols is 1. The molecule has 9 nitrogen and oxygen atoms in total. The Hall–Kier alpha value is -3.53. The second kappa shape index (κ2) is 6.76. The highest BCUT2D eigenvalue weighted by Gasteiger charge is 2.19. The number of nitrogens with zero attached hydrogens (tertiary/aromatic N) is 3. The number of rotatable bonds is 5. The van der Waals surface area contributed by atoms with Crippen molar-refractivity contribution >= 4 is 45.1 Å². The van der Waals surface area contributed by atoms with Crippen LogP contribution < -0.4 is 4.74 Å². The lowest BCUT2D eigenvalue weighted by molar-refractivity contribution is -0.386. The van der Waals surface area contributed by atoms with E-state index in [0.29, 0.717) is 16.1 Å². The van der Waals surface area contributed by atoms with Gasteiger partial charge in [-0.2, -0.15) is 0 Å². The van der Waals surface area contributed by atoms with Gasteiger partial charge in [0.05, 0.1) is 27.2 Å². The van der Waals surface area contributed by atoms with Gasteiger partial charge in [-0.1, -0.05) is 6.08 Å². The first kappa shape index (κ1) is 17.3. The lowest BCUT2D eigenvalue weighted by Crippen LogP contribution is -1.93. The number of phenolic OH excluding ortho intramolecular Hbond substituents is 1. The van der Waals surface area contributed by atoms with Crippen LogP contribution in [0.4, 0.5) is 11.4 Å². The molecular weight excluding hydrogens is 362 g/mol. The fraction of sp³-hybridized carbons (Fsp3) is 0.0625. The van der Waals surface area contributed by atoms with Crippen molar-refractivity contribution in [3.8, 4) is 11.5 Å². The Balaban J connectivity index is 1.97. The van der Waals surface area contributed by atoms with Gasteiger partial charge in [-0.3, -0.25) is 20.2 Å². The van der Waals surface area contributed by atoms with Crippen LogP contribution in [0.5, 0.6) is 11.5 Å². The first-order valence-corrected chi connectivity index (χ1v) is 7.99. The summed E-state index contributed by atoms with van der Waals surface area (Å²) in [5, 5.41) is 32.2. The van der Waals surface area contributed by atoms with Gasteiger partial charge in [-0.25, -0.2) is 4.98 Å². The summed E-state index contributed by atoms with van der Waals surface area (Å²) in [4.78, 5) is 24.9. The molecule has 0 saturated heterocycles. The monoisotopic (exact) mass is 373 g/mol. The lowest BCUT2D eigenvalue weighted by atomic mass is 10.1. The smallest absolute Gasteiger partial charge is 0.315 e. The second-order valence-electron chi connectivity index (χ2n) is 5.14. The summed E-state index contributed by atoms with van der Waals surface area (Å²) < 4.78 is 5.73. The maximum atomic E-state index is 11.0. The highest BCUT2D eigenvalue weighted by atomic mass is 32.1. The zero-order chi connectivity index (χ0) is 18.8. The number of ether oxygens (including phenoxy) is 1. The third-order valence-electron chi connectivity index (χ3n) is 3.51. The van der Waals surface area contributed by atoms with Gasteiger partial charge in [-0.15, -0.1) is 11.3 Å². The van der Waals surface area contributed by atoms with E-state index in [1.165, 1.54) is 42.7 Å². The molecule has 0 atom stereocenters. The second-order valence-corrected chi connectivity index (χ2v) is 6.20. The first-order chi connectivity index (χ1) is 12.4. The molecule has 0 aliphatic carbocycles. The molecule has 0 saturated carbocycles. The van der Waals surface area contributed by atoms with Crippen molar-refractivity contribution in [2.75, 3.05) is 7.11 Å². The molecule has 0 unspecified atom stereocenters. The number of hydrogen-bond donors (Lipinski definition) is 1. The number of non-ortho nitro benzene ring substituents is 1. The third-order valence-corrected chi connectivity index (χ3v) is 4.51. The van der Waals surface area contributed by atoms with E-state index >= 15 is 0 Å². The first-order valence-electron chi connectivity index (χ1n) is 7.17. The van der Waals surface area contributed by atoms with E-state index in [0.717, 1.165) is 4.70 Å². The highest BCUT2D eigenvalue weighted by Crippen LogP contribution is 2.37. The molecular formula is C16H11N3O6S. The molecule has 0 aliphatic rings. The molecule has 1 heterocycles. The van der Waals surface area contributed by atoms with Crippen LogP contribution in [-0.2, 0) is 0 Å². The van der Waals surface area contributed by atoms with Gasteiger partial charge in [0.15, 0.2) is 5.75 Å². The molecule has 3 rings (SSSR count). The quantitative estimate of drug-likeness (QED) is 0.528. The summed E-state index contributed by atoms with van der Waals surface area (Å²) in [6.45, 7) is 0. The Bertz CT molecular complexity index is 1060. The van der Waals surface area contributed by atoms with Gasteiger partial charge in [0.25, 0.3) is 5.69 Å². The van der Waals surface area contributed by atoms with Crippen molar-refractivity contribution < 1.29 is 19.7 Å². The summed E-state index contributed by atoms with van der Waals surface area (Å²) in [5.41, 5.74) is 0.427. The van der Waals surface area contributed by atoms with E-state index in [-0.39, 0.29) is 11.4 Å². The molecule has 0 radical (unpaired) electrons. The van der Waals surface area contributed by atoms with E-state index < -0.39 is 21.3 Å². The Morgan fingerprint density at radius 3 is 2.58 bits per heavy atom. The zero-order valence-electron chi connectivity index (χ0n) is 13.3. The molecule has 0 aliphatic heterocycles. The van der Waals surface area contributed by atoms with E-state index in [2.05, 4.69) is 4.98 Å². The topological polar surface area (TPSA) is 129 Å². The molecule has 0 amide bonds. The Labute approximate surface area is 150 Å². The average molecular weight is 373 g/mol. The molecule has 10 heteroatoms. The Morgan fingerprint density at radius 2 is 1.92 bits per heavy atom. The van der Waals surface area contributed by atoms with Crippen LogP contribution in [0.15, 0.2) is 30.3 Å². The number of aromatic nitrogens is 1. The van der Waals surface area contributed by atoms with Crippen molar-refractivity contribution in [2.24, 2.45) is 0 Å². The highest BCUT2D eigenvalue weighted by molar-refractivity contribution is 7.19. The lowest BCUT2D eigenvalue weighted by Gasteiger charge is -2.05. The van der Waals surface area contributed by atoms with Crippen molar-refractivity contribution in [2.45, 2.75) is 0 Å². The van der Waals surface area contributed by atoms with Crippen LogP contribution in [0.25, 0.3) is 22.4 Å². The number of hydrogen-bond acceptors (Lipinski definition) is 8. The van der Waals surface area contributed by atoms with Crippen molar-refractivity contribution in [3.63, 3.8) is 0 Å². The third kappa shape index (κ3) is 3.30. The number of methoxy groups -OCH3 is 1. The van der Waals surface area contributed by atoms with Crippen LogP contribution in [-0.4, -0.2) is 27.0 Å². The molecule has 3 aromatic rings. The van der Waals surface area contributed by atoms with E-state index in [1.54, 1.807) is 18.2 Å². The fourth-order valence-electron chi connectivity index (χ4n) is 2.29. The van der Waals surface area contributed by atoms with Gasteiger partial charge < -0.3 is 9.84 Å². The number of benzene rings is 2. The van der Waals surface area contributed by atoms with E-state index in [9.17, 15) is 25.3 Å². The summed E-state index contributed by atoms with van der Waals surface area (Å²) in [6.07, 6.45) is 3.22. The number of thiazole rings is 1.